The molecule has 0 amide bonds. The van der Waals surface area contributed by atoms with E-state index in [-0.39, 0.29) is 11.3 Å². The van der Waals surface area contributed by atoms with Crippen molar-refractivity contribution in [3.8, 4) is 11.8 Å². The van der Waals surface area contributed by atoms with Crippen LogP contribution in [0.4, 0.5) is 4.39 Å². The van der Waals surface area contributed by atoms with Crippen LogP contribution in [0.1, 0.15) is 21.8 Å². The molecular weight excluding hydrogens is 293 g/mol. The maximum Gasteiger partial charge on any atom is 0.188 e. The molecule has 0 saturated carbocycles. The van der Waals surface area contributed by atoms with Crippen LogP contribution in [0.25, 0.3) is 0 Å². The third kappa shape index (κ3) is 3.21. The molecule has 2 aromatic carbocycles. The number of nitrogens with zero attached hydrogens (tertiary/aromatic N) is 1. The van der Waals surface area contributed by atoms with E-state index in [0.717, 1.165) is 0 Å². The van der Waals surface area contributed by atoms with E-state index in [0.29, 0.717) is 10.6 Å². The standard InChI is InChI=1S/C16H11ClFNO2/c1-21-15-8-11(17)5-6-13(15)16(20)14(9-19)10-3-2-4-12(18)7-10/h2-8,14H,1H3. The number of methoxy groups -OCH3 is 1. The van der Waals surface area contributed by atoms with Crippen LogP contribution in [0.5, 0.6) is 5.75 Å². The molecule has 1 atom stereocenters. The second-order valence-electron chi connectivity index (χ2n) is 4.33. The maximum absolute atomic E-state index is 13.3. The molecule has 3 nitrogen and oxygen atoms in total. The van der Waals surface area contributed by atoms with Gasteiger partial charge in [0, 0.05) is 5.02 Å². The van der Waals surface area contributed by atoms with Crippen LogP contribution >= 0.6 is 11.6 Å². The largest absolute Gasteiger partial charge is 0.496 e. The summed E-state index contributed by atoms with van der Waals surface area (Å²) in [4.78, 5) is 12.5. The monoisotopic (exact) mass is 303 g/mol. The number of rotatable bonds is 4. The van der Waals surface area contributed by atoms with Gasteiger partial charge in [-0.2, -0.15) is 5.26 Å². The Morgan fingerprint density at radius 3 is 2.71 bits per heavy atom. The van der Waals surface area contributed by atoms with E-state index in [1.165, 1.54) is 49.6 Å². The van der Waals surface area contributed by atoms with Gasteiger partial charge >= 0.3 is 0 Å². The molecular formula is C16H11ClFNO2. The minimum atomic E-state index is -1.10. The summed E-state index contributed by atoms with van der Waals surface area (Å²) >= 11 is 5.85. The van der Waals surface area contributed by atoms with Crippen LogP contribution in [0, 0.1) is 17.1 Å². The highest BCUT2D eigenvalue weighted by molar-refractivity contribution is 6.31. The van der Waals surface area contributed by atoms with Crippen molar-refractivity contribution in [3.05, 3.63) is 64.4 Å². The first-order valence-electron chi connectivity index (χ1n) is 6.09. The molecule has 5 heteroatoms. The number of hydrogen-bond acceptors (Lipinski definition) is 3. The maximum atomic E-state index is 13.3. The predicted octanol–water partition coefficient (Wildman–Crippen LogP) is 3.98. The van der Waals surface area contributed by atoms with Gasteiger partial charge in [0.25, 0.3) is 0 Å². The first-order valence-corrected chi connectivity index (χ1v) is 6.47. The normalized spacial score (nSPS) is 11.5. The number of ketones is 1. The van der Waals surface area contributed by atoms with Crippen molar-refractivity contribution in [2.24, 2.45) is 0 Å². The quantitative estimate of drug-likeness (QED) is 0.803. The Morgan fingerprint density at radius 2 is 2.10 bits per heavy atom. The molecule has 0 aliphatic carbocycles. The number of nitriles is 1. The van der Waals surface area contributed by atoms with Crippen LogP contribution in [-0.2, 0) is 0 Å². The fraction of sp³-hybridized carbons (Fsp3) is 0.125. The molecule has 0 aromatic heterocycles. The third-order valence-corrected chi connectivity index (χ3v) is 3.24. The smallest absolute Gasteiger partial charge is 0.188 e. The van der Waals surface area contributed by atoms with Crippen molar-refractivity contribution in [2.75, 3.05) is 7.11 Å². The van der Waals surface area contributed by atoms with Crippen LogP contribution < -0.4 is 4.74 Å². The third-order valence-electron chi connectivity index (χ3n) is 3.00. The molecule has 21 heavy (non-hydrogen) atoms. The second-order valence-corrected chi connectivity index (χ2v) is 4.76. The molecule has 2 rings (SSSR count). The van der Waals surface area contributed by atoms with Crippen LogP contribution in [-0.4, -0.2) is 12.9 Å². The van der Waals surface area contributed by atoms with Crippen molar-refractivity contribution >= 4 is 17.4 Å². The van der Waals surface area contributed by atoms with E-state index in [4.69, 9.17) is 16.3 Å². The summed E-state index contributed by atoms with van der Waals surface area (Å²) < 4.78 is 18.4. The van der Waals surface area contributed by atoms with Gasteiger partial charge in [0.2, 0.25) is 0 Å². The SMILES string of the molecule is COc1cc(Cl)ccc1C(=O)C(C#N)c1cccc(F)c1. The summed E-state index contributed by atoms with van der Waals surface area (Å²) in [6, 6.07) is 11.9. The summed E-state index contributed by atoms with van der Waals surface area (Å²) in [5, 5.41) is 9.68. The van der Waals surface area contributed by atoms with Gasteiger partial charge in [0.1, 0.15) is 17.5 Å². The molecule has 106 valence electrons. The van der Waals surface area contributed by atoms with E-state index in [1.807, 2.05) is 6.07 Å². The predicted molar refractivity (Wildman–Crippen MR) is 77.1 cm³/mol. The Morgan fingerprint density at radius 1 is 1.33 bits per heavy atom. The summed E-state index contributed by atoms with van der Waals surface area (Å²) in [6.07, 6.45) is 0. The molecule has 2 aromatic rings. The van der Waals surface area contributed by atoms with E-state index >= 15 is 0 Å². The molecule has 0 aliphatic heterocycles. The zero-order valence-corrected chi connectivity index (χ0v) is 11.9. The van der Waals surface area contributed by atoms with Gasteiger partial charge in [0.15, 0.2) is 5.78 Å². The van der Waals surface area contributed by atoms with Crippen molar-refractivity contribution in [1.29, 1.82) is 5.26 Å². The fourth-order valence-electron chi connectivity index (χ4n) is 1.99. The Balaban J connectivity index is 2.45. The zero-order chi connectivity index (χ0) is 15.4. The Kier molecular flexibility index (Phi) is 4.56. The lowest BCUT2D eigenvalue weighted by Crippen LogP contribution is -2.12. The molecule has 0 saturated heterocycles. The molecule has 0 N–H and O–H groups in total. The molecule has 0 radical (unpaired) electrons. The molecule has 0 aliphatic rings. The lowest BCUT2D eigenvalue weighted by Gasteiger charge is -2.12. The number of Topliss-reactive ketones (excluding diaryl/α,β-unsaturated/α-hetero) is 1. The van der Waals surface area contributed by atoms with Gasteiger partial charge in [-0.3, -0.25) is 4.79 Å². The average Bonchev–Trinajstić information content (AvgIpc) is 2.47. The van der Waals surface area contributed by atoms with Crippen molar-refractivity contribution < 1.29 is 13.9 Å². The molecule has 1 unspecified atom stereocenters. The minimum Gasteiger partial charge on any atom is -0.496 e. The first-order chi connectivity index (χ1) is 10.1. The summed E-state index contributed by atoms with van der Waals surface area (Å²) in [5.74, 6) is -1.78. The van der Waals surface area contributed by atoms with Crippen LogP contribution in [0.3, 0.4) is 0 Å². The lowest BCUT2D eigenvalue weighted by molar-refractivity contribution is 0.0976. The molecule has 0 bridgehead atoms. The van der Waals surface area contributed by atoms with Gasteiger partial charge in [-0.05, 0) is 35.9 Å². The fourth-order valence-corrected chi connectivity index (χ4v) is 2.16. The topological polar surface area (TPSA) is 50.1 Å². The van der Waals surface area contributed by atoms with Crippen molar-refractivity contribution in [2.45, 2.75) is 5.92 Å². The highest BCUT2D eigenvalue weighted by Crippen LogP contribution is 2.29. The van der Waals surface area contributed by atoms with Crippen molar-refractivity contribution in [1.82, 2.24) is 0 Å². The number of hydrogen-bond donors (Lipinski definition) is 0. The van der Waals surface area contributed by atoms with E-state index in [2.05, 4.69) is 0 Å². The summed E-state index contributed by atoms with van der Waals surface area (Å²) in [7, 11) is 1.41. The first kappa shape index (κ1) is 15.0. The van der Waals surface area contributed by atoms with E-state index in [9.17, 15) is 14.4 Å². The lowest BCUT2D eigenvalue weighted by atomic mass is 9.91. The molecule has 0 fully saturated rings. The van der Waals surface area contributed by atoms with E-state index in [1.54, 1.807) is 0 Å². The second kappa shape index (κ2) is 6.38. The number of carbonyl (C=O) groups excluding carboxylic acids is 1. The molecule has 0 heterocycles. The number of benzene rings is 2. The Labute approximate surface area is 126 Å². The van der Waals surface area contributed by atoms with Crippen LogP contribution in [0.15, 0.2) is 42.5 Å². The zero-order valence-electron chi connectivity index (χ0n) is 11.1. The summed E-state index contributed by atoms with van der Waals surface area (Å²) in [5.41, 5.74) is 0.539. The van der Waals surface area contributed by atoms with E-state index < -0.39 is 17.5 Å². The van der Waals surface area contributed by atoms with Gasteiger partial charge in [-0.15, -0.1) is 0 Å². The number of ether oxygens (including phenoxy) is 1. The minimum absolute atomic E-state index is 0.234. The average molecular weight is 304 g/mol. The van der Waals surface area contributed by atoms with Gasteiger partial charge in [-0.1, -0.05) is 23.7 Å². The Hall–Kier alpha value is -2.38. The van der Waals surface area contributed by atoms with Crippen LogP contribution in [0.2, 0.25) is 5.02 Å². The highest BCUT2D eigenvalue weighted by Gasteiger charge is 2.25. The number of halogens is 2. The highest BCUT2D eigenvalue weighted by atomic mass is 35.5. The van der Waals surface area contributed by atoms with Gasteiger partial charge in [-0.25, -0.2) is 4.39 Å². The Bertz CT molecular complexity index is 724. The summed E-state index contributed by atoms with van der Waals surface area (Å²) in [6.45, 7) is 0. The molecule has 0 spiro atoms. The number of carbonyl (C=O) groups is 1. The van der Waals surface area contributed by atoms with Gasteiger partial charge < -0.3 is 4.74 Å². The van der Waals surface area contributed by atoms with Gasteiger partial charge in [0.05, 0.1) is 18.7 Å². The van der Waals surface area contributed by atoms with Crippen molar-refractivity contribution in [3.63, 3.8) is 0 Å².